The van der Waals surface area contributed by atoms with Crippen molar-refractivity contribution in [2.75, 3.05) is 6.26 Å². The fourth-order valence-corrected chi connectivity index (χ4v) is 6.00. The van der Waals surface area contributed by atoms with Gasteiger partial charge < -0.3 is 14.2 Å². The van der Waals surface area contributed by atoms with E-state index >= 15 is 8.78 Å². The maximum absolute atomic E-state index is 15.7. The SMILES string of the molecule is CC(=O)O[C@H](C)C(=O)N1C2CC(F)(C2)C(N[S+](C)[O-])C1Cc1cccc(-c2cc(F)cc(F)c2)c1F. The Hall–Kier alpha value is -2.63. The van der Waals surface area contributed by atoms with Crippen LogP contribution < -0.4 is 4.72 Å². The van der Waals surface area contributed by atoms with Gasteiger partial charge in [-0.3, -0.25) is 9.59 Å². The monoisotopic (exact) mass is 526 g/mol. The molecule has 6 nitrogen and oxygen atoms in total. The Balaban J connectivity index is 1.73. The lowest BCUT2D eigenvalue weighted by molar-refractivity contribution is -0.179. The summed E-state index contributed by atoms with van der Waals surface area (Å²) >= 11 is -1.65. The van der Waals surface area contributed by atoms with Crippen molar-refractivity contribution >= 4 is 23.2 Å². The average molecular weight is 527 g/mol. The number of ether oxygens (including phenoxy) is 1. The van der Waals surface area contributed by atoms with Gasteiger partial charge in [0.25, 0.3) is 5.91 Å². The van der Waals surface area contributed by atoms with E-state index in [0.717, 1.165) is 19.1 Å². The number of esters is 1. The van der Waals surface area contributed by atoms with E-state index in [1.807, 2.05) is 0 Å². The first kappa shape index (κ1) is 26.4. The molecule has 4 atom stereocenters. The van der Waals surface area contributed by atoms with Crippen LogP contribution in [0.25, 0.3) is 11.1 Å². The highest BCUT2D eigenvalue weighted by Gasteiger charge is 2.64. The van der Waals surface area contributed by atoms with Gasteiger partial charge >= 0.3 is 5.97 Å². The molecule has 2 saturated heterocycles. The summed E-state index contributed by atoms with van der Waals surface area (Å²) in [6, 6.07) is 4.42. The van der Waals surface area contributed by atoms with Crippen molar-refractivity contribution in [2.24, 2.45) is 0 Å². The van der Waals surface area contributed by atoms with E-state index in [1.54, 1.807) is 0 Å². The van der Waals surface area contributed by atoms with Crippen molar-refractivity contribution in [1.82, 2.24) is 9.62 Å². The molecular weight excluding hydrogens is 500 g/mol. The number of piperidine rings is 2. The predicted octanol–water partition coefficient (Wildman–Crippen LogP) is 3.60. The van der Waals surface area contributed by atoms with Gasteiger partial charge in [-0.15, -0.1) is 4.72 Å². The smallest absolute Gasteiger partial charge is 0.303 e. The molecular formula is C25H26F4N2O4S. The number of hydrogen-bond donors (Lipinski definition) is 1. The van der Waals surface area contributed by atoms with Crippen LogP contribution in [0.15, 0.2) is 36.4 Å². The molecule has 2 bridgehead atoms. The summed E-state index contributed by atoms with van der Waals surface area (Å²) in [6.07, 6.45) is 0.00663. The van der Waals surface area contributed by atoms with Crippen molar-refractivity contribution in [1.29, 1.82) is 0 Å². The molecule has 2 aromatic carbocycles. The number of hydrogen-bond acceptors (Lipinski definition) is 5. The minimum absolute atomic E-state index is 0.00197. The van der Waals surface area contributed by atoms with Gasteiger partial charge in [-0.25, -0.2) is 17.6 Å². The van der Waals surface area contributed by atoms with Crippen LogP contribution in [-0.4, -0.2) is 57.5 Å². The largest absolute Gasteiger partial charge is 0.598 e. The number of nitrogens with zero attached hydrogens (tertiary/aromatic N) is 1. The molecule has 1 saturated carbocycles. The van der Waals surface area contributed by atoms with Crippen LogP contribution in [0.4, 0.5) is 17.6 Å². The molecule has 36 heavy (non-hydrogen) atoms. The van der Waals surface area contributed by atoms with E-state index in [-0.39, 0.29) is 36.0 Å². The number of nitrogens with one attached hydrogen (secondary N) is 1. The third-order valence-corrected chi connectivity index (χ3v) is 7.35. The summed E-state index contributed by atoms with van der Waals surface area (Å²) in [5, 5.41) is 0. The normalized spacial score (nSPS) is 26.7. The van der Waals surface area contributed by atoms with Crippen molar-refractivity contribution in [3.05, 3.63) is 59.4 Å². The van der Waals surface area contributed by atoms with E-state index in [1.165, 1.54) is 36.3 Å². The van der Waals surface area contributed by atoms with E-state index in [2.05, 4.69) is 4.72 Å². The molecule has 3 aliphatic rings. The molecule has 2 heterocycles. The molecule has 1 N–H and O–H groups in total. The highest BCUT2D eigenvalue weighted by Crippen LogP contribution is 2.50. The molecule has 0 aromatic heterocycles. The predicted molar refractivity (Wildman–Crippen MR) is 125 cm³/mol. The summed E-state index contributed by atoms with van der Waals surface area (Å²) in [4.78, 5) is 26.1. The zero-order valence-electron chi connectivity index (χ0n) is 19.9. The second-order valence-electron chi connectivity index (χ2n) is 9.35. The van der Waals surface area contributed by atoms with Gasteiger partial charge in [0.05, 0.1) is 6.04 Å². The minimum Gasteiger partial charge on any atom is -0.598 e. The number of amides is 1. The standard InChI is InChI=1S/C25H26F4N2O4S/c1-13(35-14(2)32)24(33)31-19-11-25(29,12-19)23(30-36(3)34)21(31)9-15-5-4-6-20(22(15)28)16-7-17(26)10-18(27)8-16/h4-8,10,13,19,21,23,30H,9,11-12H2,1-3H3/t13-,19?,21?,23?,25?,36?/m1/s1. The van der Waals surface area contributed by atoms with Crippen molar-refractivity contribution in [3.8, 4) is 11.1 Å². The lowest BCUT2D eigenvalue weighted by Crippen LogP contribution is -2.77. The molecule has 1 aliphatic carbocycles. The maximum Gasteiger partial charge on any atom is 0.303 e. The Kier molecular flexibility index (Phi) is 7.36. The first-order valence-corrected chi connectivity index (χ1v) is 13.0. The van der Waals surface area contributed by atoms with Gasteiger partial charge in [0, 0.05) is 48.8 Å². The fourth-order valence-electron chi connectivity index (χ4n) is 5.28. The van der Waals surface area contributed by atoms with Gasteiger partial charge in [0.2, 0.25) is 0 Å². The van der Waals surface area contributed by atoms with Crippen LogP contribution in [0.1, 0.15) is 32.3 Å². The first-order valence-electron chi connectivity index (χ1n) is 11.4. The van der Waals surface area contributed by atoms with Crippen LogP contribution in [0.2, 0.25) is 0 Å². The zero-order valence-corrected chi connectivity index (χ0v) is 20.7. The van der Waals surface area contributed by atoms with Crippen LogP contribution in [0.5, 0.6) is 0 Å². The Labute approximate surface area is 209 Å². The molecule has 11 heteroatoms. The number of rotatable bonds is 7. The fraction of sp³-hybridized carbons (Fsp3) is 0.440. The quantitative estimate of drug-likeness (QED) is 0.339. The molecule has 5 rings (SSSR count). The topological polar surface area (TPSA) is 81.7 Å². The van der Waals surface area contributed by atoms with Crippen LogP contribution in [0, 0.1) is 17.5 Å². The van der Waals surface area contributed by atoms with Gasteiger partial charge in [-0.1, -0.05) is 18.2 Å². The van der Waals surface area contributed by atoms with Crippen LogP contribution in [0.3, 0.4) is 0 Å². The Morgan fingerprint density at radius 1 is 1.22 bits per heavy atom. The summed E-state index contributed by atoms with van der Waals surface area (Å²) in [5.74, 6) is -3.74. The molecule has 3 unspecified atom stereocenters. The lowest BCUT2D eigenvalue weighted by Gasteiger charge is -2.60. The third-order valence-electron chi connectivity index (χ3n) is 6.76. The maximum atomic E-state index is 15.7. The van der Waals surface area contributed by atoms with E-state index in [9.17, 15) is 22.9 Å². The van der Waals surface area contributed by atoms with Crippen molar-refractivity contribution in [2.45, 2.75) is 63.0 Å². The molecule has 0 spiro atoms. The minimum atomic E-state index is -1.76. The number of carbonyl (C=O) groups is 2. The van der Waals surface area contributed by atoms with Gasteiger partial charge in [0.15, 0.2) is 6.10 Å². The highest BCUT2D eigenvalue weighted by atomic mass is 32.2. The van der Waals surface area contributed by atoms with Gasteiger partial charge in [-0.2, -0.15) is 0 Å². The van der Waals surface area contributed by atoms with Crippen molar-refractivity contribution in [3.63, 3.8) is 0 Å². The first-order chi connectivity index (χ1) is 16.9. The lowest BCUT2D eigenvalue weighted by atomic mass is 9.64. The second kappa shape index (κ2) is 10.0. The Morgan fingerprint density at radius 2 is 1.86 bits per heavy atom. The summed E-state index contributed by atoms with van der Waals surface area (Å²) in [7, 11) is 0. The molecule has 2 aromatic rings. The number of fused-ring (bicyclic) bond motifs is 2. The number of carbonyl (C=O) groups excluding carboxylic acids is 2. The van der Waals surface area contributed by atoms with Gasteiger partial charge in [0.1, 0.15) is 35.4 Å². The molecule has 1 amide bonds. The average Bonchev–Trinajstić information content (AvgIpc) is 2.74. The zero-order chi connectivity index (χ0) is 26.4. The number of alkyl halides is 1. The molecule has 194 valence electrons. The van der Waals surface area contributed by atoms with E-state index in [4.69, 9.17) is 4.74 Å². The van der Waals surface area contributed by atoms with Crippen LogP contribution >= 0.6 is 0 Å². The van der Waals surface area contributed by atoms with E-state index in [0.29, 0.717) is 6.07 Å². The summed E-state index contributed by atoms with van der Waals surface area (Å²) in [6.45, 7) is 2.56. The van der Waals surface area contributed by atoms with Crippen LogP contribution in [-0.2, 0) is 32.1 Å². The summed E-state index contributed by atoms with van der Waals surface area (Å²) in [5.41, 5.74) is -1.75. The molecule has 2 aliphatic heterocycles. The molecule has 0 radical (unpaired) electrons. The van der Waals surface area contributed by atoms with E-state index < -0.39 is 70.6 Å². The highest BCUT2D eigenvalue weighted by molar-refractivity contribution is 7.88. The second-order valence-corrected chi connectivity index (χ2v) is 10.5. The van der Waals surface area contributed by atoms with Gasteiger partial charge in [-0.05, 0) is 36.6 Å². The third kappa shape index (κ3) is 5.09. The summed E-state index contributed by atoms with van der Waals surface area (Å²) < 4.78 is 78.7. The Bertz CT molecular complexity index is 1150. The Morgan fingerprint density at radius 3 is 2.44 bits per heavy atom. The van der Waals surface area contributed by atoms with Crippen molar-refractivity contribution < 1.29 is 36.4 Å². The molecule has 3 fully saturated rings. The number of benzene rings is 2. The number of halogens is 4.